The van der Waals surface area contributed by atoms with Crippen LogP contribution in [0.4, 0.5) is 13.2 Å². The number of alkyl halides is 3. The Morgan fingerprint density at radius 1 is 1.46 bits per heavy atom. The molecule has 13 heavy (non-hydrogen) atoms. The van der Waals surface area contributed by atoms with E-state index in [-0.39, 0.29) is 11.1 Å². The second kappa shape index (κ2) is 3.57. The number of halogens is 3. The summed E-state index contributed by atoms with van der Waals surface area (Å²) in [6.45, 7) is 1.76. The van der Waals surface area contributed by atoms with E-state index < -0.39 is 12.0 Å². The van der Waals surface area contributed by atoms with Gasteiger partial charge < -0.3 is 0 Å². The number of nitrogens with zero attached hydrogens (tertiary/aromatic N) is 2. The molecule has 7 heteroatoms. The van der Waals surface area contributed by atoms with Crippen molar-refractivity contribution in [1.29, 1.82) is 0 Å². The minimum Gasteiger partial charge on any atom is -0.262 e. The lowest BCUT2D eigenvalue weighted by atomic mass is 10.4. The summed E-state index contributed by atoms with van der Waals surface area (Å²) in [5, 5.41) is 5.24. The summed E-state index contributed by atoms with van der Waals surface area (Å²) in [4.78, 5) is 3.34. The maximum Gasteiger partial charge on any atom is 0.453 e. The molecule has 0 bridgehead atoms. The quantitative estimate of drug-likeness (QED) is 0.815. The van der Waals surface area contributed by atoms with E-state index in [1.54, 1.807) is 13.2 Å². The summed E-state index contributed by atoms with van der Waals surface area (Å²) in [5.41, 5.74) is 0. The van der Waals surface area contributed by atoms with Crippen LogP contribution < -0.4 is 0 Å². The highest BCUT2D eigenvalue weighted by atomic mass is 32.2. The van der Waals surface area contributed by atoms with Gasteiger partial charge in [-0.1, -0.05) is 0 Å². The monoisotopic (exact) mass is 211 g/mol. The number of H-pyrrole nitrogens is 1. The van der Waals surface area contributed by atoms with Gasteiger partial charge in [-0.05, 0) is 13.2 Å². The topological polar surface area (TPSA) is 41.6 Å². The fourth-order valence-electron chi connectivity index (χ4n) is 0.695. The van der Waals surface area contributed by atoms with Crippen molar-refractivity contribution >= 4 is 11.8 Å². The van der Waals surface area contributed by atoms with Gasteiger partial charge in [0, 0.05) is 0 Å². The van der Waals surface area contributed by atoms with Crippen molar-refractivity contribution in [1.82, 2.24) is 15.2 Å². The molecule has 0 aliphatic heterocycles. The molecule has 3 nitrogen and oxygen atoms in total. The maximum absolute atomic E-state index is 12.0. The summed E-state index contributed by atoms with van der Waals surface area (Å²) in [7, 11) is 0. The molecule has 0 aliphatic rings. The molecule has 0 aliphatic carbocycles. The van der Waals surface area contributed by atoms with Gasteiger partial charge in [0.05, 0.1) is 5.25 Å². The first-order valence-corrected chi connectivity index (χ1v) is 4.76. The Bertz CT molecular complexity index is 283. The Kier molecular flexibility index (Phi) is 2.84. The van der Waals surface area contributed by atoms with Gasteiger partial charge in [0.2, 0.25) is 0 Å². The molecular weight excluding hydrogens is 203 g/mol. The average Bonchev–Trinajstić information content (AvgIpc) is 2.50. The van der Waals surface area contributed by atoms with Crippen LogP contribution in [-0.2, 0) is 6.18 Å². The van der Waals surface area contributed by atoms with Gasteiger partial charge in [0.15, 0.2) is 0 Å². The van der Waals surface area contributed by atoms with Crippen LogP contribution in [0.15, 0.2) is 0 Å². The third-order valence-electron chi connectivity index (χ3n) is 1.49. The first-order chi connectivity index (χ1) is 5.95. The van der Waals surface area contributed by atoms with Crippen LogP contribution in [0.5, 0.6) is 0 Å². The van der Waals surface area contributed by atoms with E-state index in [0.717, 1.165) is 0 Å². The maximum atomic E-state index is 12.0. The Morgan fingerprint density at radius 2 is 2.08 bits per heavy atom. The molecule has 1 unspecified atom stereocenters. The molecule has 1 aromatic heterocycles. The smallest absolute Gasteiger partial charge is 0.262 e. The summed E-state index contributed by atoms with van der Waals surface area (Å²) in [6.07, 6.45) is -2.67. The number of aromatic amines is 1. The van der Waals surface area contributed by atoms with Gasteiger partial charge >= 0.3 is 6.18 Å². The molecule has 0 amide bonds. The minimum atomic E-state index is -4.47. The molecule has 0 saturated heterocycles. The third kappa shape index (κ3) is 2.36. The van der Waals surface area contributed by atoms with Crippen molar-refractivity contribution in [2.24, 2.45) is 0 Å². The lowest BCUT2D eigenvalue weighted by Gasteiger charge is -2.01. The Balaban J connectivity index is 2.87. The normalized spacial score (nSPS) is 14.5. The van der Waals surface area contributed by atoms with Crippen LogP contribution >= 0.6 is 11.8 Å². The predicted molar refractivity (Wildman–Crippen MR) is 43.3 cm³/mol. The molecule has 1 heterocycles. The van der Waals surface area contributed by atoms with E-state index in [9.17, 15) is 13.2 Å². The van der Waals surface area contributed by atoms with E-state index >= 15 is 0 Å². The molecule has 1 rings (SSSR count). The molecular formula is C6H8F3N3S. The van der Waals surface area contributed by atoms with Gasteiger partial charge in [-0.3, -0.25) is 5.10 Å². The standard InChI is InChI=1S/C6H8F3N3S/c1-3(13-2)4-10-5(12-11-4)6(7,8)9/h3H,1-2H3,(H,10,11,12). The molecule has 1 N–H and O–H groups in total. The van der Waals surface area contributed by atoms with E-state index in [1.807, 2.05) is 0 Å². The fraction of sp³-hybridized carbons (Fsp3) is 0.667. The molecule has 0 spiro atoms. The SMILES string of the molecule is CSC(C)c1nc(C(F)(F)F)n[nH]1. The van der Waals surface area contributed by atoms with Crippen LogP contribution in [0, 0.1) is 0 Å². The minimum absolute atomic E-state index is 0.108. The largest absolute Gasteiger partial charge is 0.453 e. The van der Waals surface area contributed by atoms with Gasteiger partial charge in [0.25, 0.3) is 5.82 Å². The van der Waals surface area contributed by atoms with Crippen molar-refractivity contribution < 1.29 is 13.2 Å². The highest BCUT2D eigenvalue weighted by molar-refractivity contribution is 7.98. The first kappa shape index (κ1) is 10.4. The highest BCUT2D eigenvalue weighted by Gasteiger charge is 2.36. The van der Waals surface area contributed by atoms with Gasteiger partial charge in [0.1, 0.15) is 5.82 Å². The number of nitrogens with one attached hydrogen (secondary N) is 1. The van der Waals surface area contributed by atoms with Crippen molar-refractivity contribution in [3.63, 3.8) is 0 Å². The predicted octanol–water partition coefficient (Wildman–Crippen LogP) is 2.25. The first-order valence-electron chi connectivity index (χ1n) is 3.47. The number of rotatable bonds is 2. The number of aromatic nitrogens is 3. The van der Waals surface area contributed by atoms with E-state index in [4.69, 9.17) is 0 Å². The number of thioether (sulfide) groups is 1. The van der Waals surface area contributed by atoms with E-state index in [1.165, 1.54) is 11.8 Å². The number of hydrogen-bond donors (Lipinski definition) is 1. The molecule has 0 radical (unpaired) electrons. The van der Waals surface area contributed by atoms with Crippen molar-refractivity contribution in [3.8, 4) is 0 Å². The van der Waals surface area contributed by atoms with E-state index in [0.29, 0.717) is 0 Å². The zero-order valence-corrected chi connectivity index (χ0v) is 7.83. The van der Waals surface area contributed by atoms with Crippen molar-refractivity contribution in [2.75, 3.05) is 6.26 Å². The Morgan fingerprint density at radius 3 is 2.46 bits per heavy atom. The van der Waals surface area contributed by atoms with Crippen LogP contribution in [0.3, 0.4) is 0 Å². The zero-order chi connectivity index (χ0) is 10.1. The molecule has 1 aromatic rings. The lowest BCUT2D eigenvalue weighted by Crippen LogP contribution is -2.07. The lowest BCUT2D eigenvalue weighted by molar-refractivity contribution is -0.144. The van der Waals surface area contributed by atoms with Gasteiger partial charge in [-0.25, -0.2) is 4.98 Å². The summed E-state index contributed by atoms with van der Waals surface area (Å²) in [6, 6.07) is 0. The second-order valence-electron chi connectivity index (χ2n) is 2.42. The fourth-order valence-corrected chi connectivity index (χ4v) is 1.02. The summed E-state index contributed by atoms with van der Waals surface area (Å²) < 4.78 is 36.1. The van der Waals surface area contributed by atoms with Crippen molar-refractivity contribution in [3.05, 3.63) is 11.6 Å². The summed E-state index contributed by atoms with van der Waals surface area (Å²) in [5.74, 6) is -0.858. The van der Waals surface area contributed by atoms with Crippen LogP contribution in [0.2, 0.25) is 0 Å². The Labute approximate surface area is 77.1 Å². The van der Waals surface area contributed by atoms with E-state index in [2.05, 4.69) is 15.2 Å². The Hall–Kier alpha value is -0.720. The number of hydrogen-bond acceptors (Lipinski definition) is 3. The van der Waals surface area contributed by atoms with Crippen LogP contribution in [-0.4, -0.2) is 21.4 Å². The van der Waals surface area contributed by atoms with Crippen LogP contribution in [0.25, 0.3) is 0 Å². The van der Waals surface area contributed by atoms with Crippen molar-refractivity contribution in [2.45, 2.75) is 18.3 Å². The third-order valence-corrected chi connectivity index (χ3v) is 2.43. The molecule has 0 saturated carbocycles. The second-order valence-corrected chi connectivity index (χ2v) is 3.60. The molecule has 0 fully saturated rings. The average molecular weight is 211 g/mol. The molecule has 74 valence electrons. The highest BCUT2D eigenvalue weighted by Crippen LogP contribution is 2.28. The zero-order valence-electron chi connectivity index (χ0n) is 7.01. The van der Waals surface area contributed by atoms with Gasteiger partial charge in [-0.2, -0.15) is 24.9 Å². The molecule has 1 atom stereocenters. The molecule has 0 aromatic carbocycles. The summed E-state index contributed by atoms with van der Waals surface area (Å²) >= 11 is 1.40. The van der Waals surface area contributed by atoms with Crippen LogP contribution in [0.1, 0.15) is 23.8 Å². The van der Waals surface area contributed by atoms with Gasteiger partial charge in [-0.15, -0.1) is 5.10 Å².